The van der Waals surface area contributed by atoms with Crippen molar-refractivity contribution in [1.29, 1.82) is 0 Å². The minimum atomic E-state index is -0.214. The third-order valence-electron chi connectivity index (χ3n) is 3.86. The van der Waals surface area contributed by atoms with Gasteiger partial charge in [0.1, 0.15) is 11.5 Å². The number of halogens is 1. The Morgan fingerprint density at radius 2 is 1.41 bits per heavy atom. The normalized spacial score (nSPS) is 10.3. The largest absolute Gasteiger partial charge is 0.457 e. The third-order valence-corrected chi connectivity index (χ3v) is 4.11. The molecule has 0 aliphatic heterocycles. The van der Waals surface area contributed by atoms with Gasteiger partial charge in [0, 0.05) is 29.1 Å². The fourth-order valence-electron chi connectivity index (χ4n) is 2.46. The van der Waals surface area contributed by atoms with Gasteiger partial charge in [0.05, 0.1) is 0 Å². The predicted octanol–water partition coefficient (Wildman–Crippen LogP) is 5.73. The molecule has 0 bridgehead atoms. The summed E-state index contributed by atoms with van der Waals surface area (Å²) >= 11 is 5.81. The van der Waals surface area contributed by atoms with Crippen LogP contribution in [0.3, 0.4) is 0 Å². The number of carbonyl (C=O) groups excluding carboxylic acids is 2. The number of rotatable bonds is 7. The van der Waals surface area contributed by atoms with E-state index >= 15 is 0 Å². The standard InChI is InChI=1S/C22H18ClNO3/c23-17-8-6-16(7-9-17)21(25)14-15-22(26)24-18-10-12-20(13-11-18)27-19-4-2-1-3-5-19/h1-13H,14-15H2,(H,24,26). The van der Waals surface area contributed by atoms with Crippen LogP contribution >= 0.6 is 11.6 Å². The van der Waals surface area contributed by atoms with E-state index < -0.39 is 0 Å². The number of amides is 1. The van der Waals surface area contributed by atoms with E-state index in [2.05, 4.69) is 5.32 Å². The average molecular weight is 380 g/mol. The molecular formula is C22H18ClNO3. The van der Waals surface area contributed by atoms with Gasteiger partial charge in [0.25, 0.3) is 0 Å². The van der Waals surface area contributed by atoms with Gasteiger partial charge in [-0.25, -0.2) is 0 Å². The number of ether oxygens (including phenoxy) is 1. The molecule has 4 nitrogen and oxygen atoms in total. The summed E-state index contributed by atoms with van der Waals surface area (Å²) in [6.45, 7) is 0. The first-order chi connectivity index (χ1) is 13.1. The van der Waals surface area contributed by atoms with Crippen molar-refractivity contribution in [3.05, 3.63) is 89.4 Å². The Morgan fingerprint density at radius 1 is 0.778 bits per heavy atom. The van der Waals surface area contributed by atoms with Crippen LogP contribution in [-0.4, -0.2) is 11.7 Å². The molecule has 0 unspecified atom stereocenters. The van der Waals surface area contributed by atoms with E-state index in [0.29, 0.717) is 22.0 Å². The fourth-order valence-corrected chi connectivity index (χ4v) is 2.59. The molecule has 0 fully saturated rings. The van der Waals surface area contributed by atoms with E-state index in [1.54, 1.807) is 48.5 Å². The summed E-state index contributed by atoms with van der Waals surface area (Å²) in [6.07, 6.45) is 0.256. The molecule has 0 spiro atoms. The Kier molecular flexibility index (Phi) is 6.23. The highest BCUT2D eigenvalue weighted by molar-refractivity contribution is 6.30. The molecule has 1 amide bonds. The van der Waals surface area contributed by atoms with Crippen molar-refractivity contribution in [1.82, 2.24) is 0 Å². The zero-order valence-corrected chi connectivity index (χ0v) is 15.3. The second kappa shape index (κ2) is 9.01. The molecule has 0 aromatic heterocycles. The van der Waals surface area contributed by atoms with Crippen LogP contribution in [0, 0.1) is 0 Å². The van der Waals surface area contributed by atoms with Crippen molar-refractivity contribution in [2.24, 2.45) is 0 Å². The lowest BCUT2D eigenvalue weighted by molar-refractivity contribution is -0.116. The molecule has 3 aromatic rings. The van der Waals surface area contributed by atoms with E-state index in [1.807, 2.05) is 30.3 Å². The number of anilines is 1. The summed E-state index contributed by atoms with van der Waals surface area (Å²) < 4.78 is 5.71. The molecular weight excluding hydrogens is 362 g/mol. The Morgan fingerprint density at radius 3 is 2.07 bits per heavy atom. The van der Waals surface area contributed by atoms with Gasteiger partial charge in [-0.1, -0.05) is 29.8 Å². The SMILES string of the molecule is O=C(CCC(=O)c1ccc(Cl)cc1)Nc1ccc(Oc2ccccc2)cc1. The number of hydrogen-bond acceptors (Lipinski definition) is 3. The number of benzene rings is 3. The number of carbonyl (C=O) groups is 2. The lowest BCUT2D eigenvalue weighted by Crippen LogP contribution is -2.13. The zero-order valence-electron chi connectivity index (χ0n) is 14.5. The van der Waals surface area contributed by atoms with Crippen LogP contribution in [0.1, 0.15) is 23.2 Å². The minimum absolute atomic E-state index is 0.0894. The van der Waals surface area contributed by atoms with E-state index in [0.717, 1.165) is 5.75 Å². The van der Waals surface area contributed by atoms with Crippen LogP contribution in [0.25, 0.3) is 0 Å². The van der Waals surface area contributed by atoms with Gasteiger partial charge >= 0.3 is 0 Å². The first kappa shape index (κ1) is 18.7. The van der Waals surface area contributed by atoms with Crippen molar-refractivity contribution in [2.75, 3.05) is 5.32 Å². The van der Waals surface area contributed by atoms with Crippen LogP contribution < -0.4 is 10.1 Å². The van der Waals surface area contributed by atoms with E-state index in [-0.39, 0.29) is 24.5 Å². The Labute approximate surface area is 162 Å². The van der Waals surface area contributed by atoms with E-state index in [4.69, 9.17) is 16.3 Å². The van der Waals surface area contributed by atoms with E-state index in [1.165, 1.54) is 0 Å². The first-order valence-corrected chi connectivity index (χ1v) is 8.89. The molecule has 1 N–H and O–H groups in total. The summed E-state index contributed by atoms with van der Waals surface area (Å²) in [6, 6.07) is 23.2. The van der Waals surface area contributed by atoms with E-state index in [9.17, 15) is 9.59 Å². The minimum Gasteiger partial charge on any atom is -0.457 e. The smallest absolute Gasteiger partial charge is 0.224 e. The molecule has 0 aliphatic rings. The van der Waals surface area contributed by atoms with Crippen molar-refractivity contribution in [3.8, 4) is 11.5 Å². The second-order valence-corrected chi connectivity index (χ2v) is 6.35. The maximum absolute atomic E-state index is 12.1. The summed E-state index contributed by atoms with van der Waals surface area (Å²) in [5, 5.41) is 3.35. The van der Waals surface area contributed by atoms with Crippen molar-refractivity contribution >= 4 is 29.0 Å². The molecule has 0 aliphatic carbocycles. The van der Waals surface area contributed by atoms with Gasteiger partial charge in [0.15, 0.2) is 5.78 Å². The molecule has 0 atom stereocenters. The second-order valence-electron chi connectivity index (χ2n) is 5.92. The van der Waals surface area contributed by atoms with Crippen molar-refractivity contribution in [2.45, 2.75) is 12.8 Å². The van der Waals surface area contributed by atoms with Crippen LogP contribution in [0.5, 0.6) is 11.5 Å². The van der Waals surface area contributed by atoms with Gasteiger partial charge < -0.3 is 10.1 Å². The number of hydrogen-bond donors (Lipinski definition) is 1. The molecule has 3 aromatic carbocycles. The number of nitrogens with one attached hydrogen (secondary N) is 1. The van der Waals surface area contributed by atoms with Crippen LogP contribution in [-0.2, 0) is 4.79 Å². The van der Waals surface area contributed by atoms with Gasteiger partial charge in [0.2, 0.25) is 5.91 Å². The summed E-state index contributed by atoms with van der Waals surface area (Å²) in [5.74, 6) is 1.12. The number of Topliss-reactive ketones (excluding diaryl/α,β-unsaturated/α-hetero) is 1. The maximum atomic E-state index is 12.1. The van der Waals surface area contributed by atoms with Crippen molar-refractivity contribution < 1.29 is 14.3 Å². The van der Waals surface area contributed by atoms with Crippen LogP contribution in [0.15, 0.2) is 78.9 Å². The number of para-hydroxylation sites is 1. The predicted molar refractivity (Wildman–Crippen MR) is 107 cm³/mol. The molecule has 0 heterocycles. The lowest BCUT2D eigenvalue weighted by Gasteiger charge is -2.08. The Hall–Kier alpha value is -3.11. The fraction of sp³-hybridized carbons (Fsp3) is 0.0909. The van der Waals surface area contributed by atoms with Crippen molar-refractivity contribution in [3.63, 3.8) is 0 Å². The maximum Gasteiger partial charge on any atom is 0.224 e. The van der Waals surface area contributed by atoms with Crippen LogP contribution in [0.4, 0.5) is 5.69 Å². The molecule has 136 valence electrons. The highest BCUT2D eigenvalue weighted by atomic mass is 35.5. The molecule has 27 heavy (non-hydrogen) atoms. The molecule has 5 heteroatoms. The van der Waals surface area contributed by atoms with Gasteiger partial charge in [-0.05, 0) is 60.7 Å². The van der Waals surface area contributed by atoms with Gasteiger partial charge in [-0.2, -0.15) is 0 Å². The lowest BCUT2D eigenvalue weighted by atomic mass is 10.1. The summed E-state index contributed by atoms with van der Waals surface area (Å²) in [4.78, 5) is 24.2. The Bertz CT molecular complexity index is 907. The highest BCUT2D eigenvalue weighted by Crippen LogP contribution is 2.22. The monoisotopic (exact) mass is 379 g/mol. The molecule has 0 radical (unpaired) electrons. The average Bonchev–Trinajstić information content (AvgIpc) is 2.69. The quantitative estimate of drug-likeness (QED) is 0.533. The van der Waals surface area contributed by atoms with Crippen LogP contribution in [0.2, 0.25) is 5.02 Å². The topological polar surface area (TPSA) is 55.4 Å². The zero-order chi connectivity index (χ0) is 19.1. The highest BCUT2D eigenvalue weighted by Gasteiger charge is 2.10. The summed E-state index contributed by atoms with van der Waals surface area (Å²) in [5.41, 5.74) is 1.20. The first-order valence-electron chi connectivity index (χ1n) is 8.52. The number of ketones is 1. The molecule has 0 saturated heterocycles. The molecule has 3 rings (SSSR count). The Balaban J connectivity index is 1.49. The summed E-state index contributed by atoms with van der Waals surface area (Å²) in [7, 11) is 0. The van der Waals surface area contributed by atoms with Gasteiger partial charge in [-0.3, -0.25) is 9.59 Å². The third kappa shape index (κ3) is 5.69. The van der Waals surface area contributed by atoms with Gasteiger partial charge in [-0.15, -0.1) is 0 Å². The molecule has 0 saturated carbocycles.